The third-order valence-corrected chi connectivity index (χ3v) is 7.09. The summed E-state index contributed by atoms with van der Waals surface area (Å²) in [5.41, 5.74) is 1.59. The first-order chi connectivity index (χ1) is 15.9. The van der Waals surface area contributed by atoms with E-state index in [0.29, 0.717) is 16.5 Å². The molecule has 0 radical (unpaired) electrons. The molecule has 2 aromatic carbocycles. The van der Waals surface area contributed by atoms with E-state index in [9.17, 15) is 14.9 Å². The van der Waals surface area contributed by atoms with Crippen LogP contribution >= 0.6 is 11.8 Å². The molecular weight excluding hydrogens is 438 g/mol. The Morgan fingerprint density at radius 3 is 2.30 bits per heavy atom. The van der Waals surface area contributed by atoms with Crippen LogP contribution < -0.4 is 0 Å². The van der Waals surface area contributed by atoms with E-state index >= 15 is 0 Å². The van der Waals surface area contributed by atoms with Crippen LogP contribution in [0.5, 0.6) is 0 Å². The molecule has 9 heteroatoms. The van der Waals surface area contributed by atoms with E-state index < -0.39 is 4.92 Å². The van der Waals surface area contributed by atoms with E-state index in [0.717, 1.165) is 24.9 Å². The van der Waals surface area contributed by atoms with Crippen molar-refractivity contribution in [3.8, 4) is 17.1 Å². The molecule has 1 fully saturated rings. The number of rotatable bonds is 6. The van der Waals surface area contributed by atoms with Gasteiger partial charge in [0.25, 0.3) is 5.69 Å². The molecule has 3 atom stereocenters. The molecular formula is C24H27N5O3S. The molecule has 0 aliphatic carbocycles. The van der Waals surface area contributed by atoms with Crippen LogP contribution in [0.25, 0.3) is 17.1 Å². The topological polar surface area (TPSA) is 94.2 Å². The highest BCUT2D eigenvalue weighted by atomic mass is 32.2. The zero-order chi connectivity index (χ0) is 23.5. The molecule has 8 nitrogen and oxygen atoms in total. The van der Waals surface area contributed by atoms with Gasteiger partial charge in [-0.3, -0.25) is 19.5 Å². The molecule has 1 aromatic heterocycles. The lowest BCUT2D eigenvalue weighted by atomic mass is 9.97. The van der Waals surface area contributed by atoms with Gasteiger partial charge in [-0.05, 0) is 64.3 Å². The summed E-state index contributed by atoms with van der Waals surface area (Å²) in [5, 5.41) is 20.1. The second-order valence-electron chi connectivity index (χ2n) is 8.42. The maximum absolute atomic E-state index is 13.3. The van der Waals surface area contributed by atoms with Gasteiger partial charge < -0.3 is 4.90 Å². The zero-order valence-electron chi connectivity index (χ0n) is 18.9. The highest BCUT2D eigenvalue weighted by molar-refractivity contribution is 8.00. The zero-order valence-corrected chi connectivity index (χ0v) is 19.7. The van der Waals surface area contributed by atoms with Gasteiger partial charge in [-0.25, -0.2) is 0 Å². The number of hydrogen-bond donors (Lipinski definition) is 0. The number of thioether (sulfide) groups is 1. The van der Waals surface area contributed by atoms with E-state index in [2.05, 4.69) is 24.0 Å². The van der Waals surface area contributed by atoms with Crippen LogP contribution in [0.3, 0.4) is 0 Å². The summed E-state index contributed by atoms with van der Waals surface area (Å²) in [4.78, 5) is 26.0. The van der Waals surface area contributed by atoms with Crippen molar-refractivity contribution in [2.45, 2.75) is 62.5 Å². The highest BCUT2D eigenvalue weighted by Crippen LogP contribution is 2.33. The van der Waals surface area contributed by atoms with Crippen molar-refractivity contribution in [3.63, 3.8) is 0 Å². The van der Waals surface area contributed by atoms with E-state index in [1.165, 1.54) is 23.9 Å². The average Bonchev–Trinajstić information content (AvgIpc) is 3.22. The van der Waals surface area contributed by atoms with E-state index in [1.807, 2.05) is 46.7 Å². The van der Waals surface area contributed by atoms with Gasteiger partial charge in [0, 0.05) is 35.5 Å². The van der Waals surface area contributed by atoms with E-state index in [4.69, 9.17) is 0 Å². The number of carbonyl (C=O) groups is 1. The summed E-state index contributed by atoms with van der Waals surface area (Å²) < 4.78 is 1.90. The molecule has 0 spiro atoms. The summed E-state index contributed by atoms with van der Waals surface area (Å²) in [6, 6.07) is 16.4. The van der Waals surface area contributed by atoms with Gasteiger partial charge in [-0.15, -0.1) is 10.2 Å². The first-order valence-corrected chi connectivity index (χ1v) is 12.0. The number of para-hydroxylation sites is 1. The molecule has 3 aromatic rings. The third-order valence-electron chi connectivity index (χ3n) is 6.06. The fourth-order valence-electron chi connectivity index (χ4n) is 4.35. The Morgan fingerprint density at radius 2 is 1.70 bits per heavy atom. The SMILES string of the molecule is C[C@H](Sc1nnc(-c2ccc([N+](=O)[O-])cc2)n1-c1ccccc1)C(=O)N1[C@@H](C)CCC[C@@H]1C. The van der Waals surface area contributed by atoms with Gasteiger partial charge in [0.05, 0.1) is 10.2 Å². The smallest absolute Gasteiger partial charge is 0.269 e. The molecule has 1 amide bonds. The van der Waals surface area contributed by atoms with Gasteiger partial charge in [0.2, 0.25) is 5.91 Å². The van der Waals surface area contributed by atoms with Gasteiger partial charge in [-0.2, -0.15) is 0 Å². The number of nitro groups is 1. The number of nitro benzene ring substituents is 1. The van der Waals surface area contributed by atoms with Crippen molar-refractivity contribution in [3.05, 3.63) is 64.7 Å². The predicted octanol–water partition coefficient (Wildman–Crippen LogP) is 5.11. The van der Waals surface area contributed by atoms with Crippen molar-refractivity contribution in [2.75, 3.05) is 0 Å². The summed E-state index contributed by atoms with van der Waals surface area (Å²) >= 11 is 1.38. The first kappa shape index (κ1) is 23.0. The lowest BCUT2D eigenvalue weighted by Crippen LogP contribution is -2.50. The third kappa shape index (κ3) is 4.78. The second-order valence-corrected chi connectivity index (χ2v) is 9.72. The van der Waals surface area contributed by atoms with Crippen LogP contribution in [0.1, 0.15) is 40.0 Å². The van der Waals surface area contributed by atoms with Crippen molar-refractivity contribution in [1.82, 2.24) is 19.7 Å². The molecule has 2 heterocycles. The molecule has 0 bridgehead atoms. The number of likely N-dealkylation sites (tertiary alicyclic amines) is 1. The monoisotopic (exact) mass is 465 g/mol. The fraction of sp³-hybridized carbons (Fsp3) is 0.375. The molecule has 0 N–H and O–H groups in total. The first-order valence-electron chi connectivity index (χ1n) is 11.1. The minimum absolute atomic E-state index is 0.0168. The standard InChI is InChI=1S/C24H27N5O3S/c1-16-8-7-9-17(2)27(16)23(30)18(3)33-24-26-25-22(28(24)20-10-5-4-6-11-20)19-12-14-21(15-13-19)29(31)32/h4-6,10-18H,7-9H2,1-3H3/t16-,17-,18-/m0/s1. The number of amides is 1. The number of aromatic nitrogens is 3. The van der Waals surface area contributed by atoms with Crippen LogP contribution in [-0.4, -0.2) is 47.8 Å². The minimum atomic E-state index is -0.428. The van der Waals surface area contributed by atoms with E-state index in [-0.39, 0.29) is 28.9 Å². The summed E-state index contributed by atoms with van der Waals surface area (Å²) in [5.74, 6) is 0.678. The van der Waals surface area contributed by atoms with Gasteiger partial charge in [0.1, 0.15) is 0 Å². The lowest BCUT2D eigenvalue weighted by Gasteiger charge is -2.40. The van der Waals surface area contributed by atoms with E-state index in [1.54, 1.807) is 12.1 Å². The number of benzene rings is 2. The molecule has 4 rings (SSSR count). The number of hydrogen-bond acceptors (Lipinski definition) is 6. The molecule has 1 saturated heterocycles. The molecule has 0 unspecified atom stereocenters. The van der Waals surface area contributed by atoms with Crippen molar-refractivity contribution < 1.29 is 9.72 Å². The Hall–Kier alpha value is -3.20. The number of nitrogens with zero attached hydrogens (tertiary/aromatic N) is 5. The normalized spacial score (nSPS) is 19.3. The quantitative estimate of drug-likeness (QED) is 0.285. The molecule has 0 saturated carbocycles. The maximum atomic E-state index is 13.3. The lowest BCUT2D eigenvalue weighted by molar-refractivity contribution is -0.384. The predicted molar refractivity (Wildman–Crippen MR) is 128 cm³/mol. The van der Waals surface area contributed by atoms with Gasteiger partial charge >= 0.3 is 0 Å². The number of piperidine rings is 1. The molecule has 1 aliphatic rings. The largest absolute Gasteiger partial charge is 0.336 e. The Kier molecular flexibility index (Phi) is 6.78. The summed E-state index contributed by atoms with van der Waals surface area (Å²) in [7, 11) is 0. The van der Waals surface area contributed by atoms with Gasteiger partial charge in [-0.1, -0.05) is 30.0 Å². The van der Waals surface area contributed by atoms with Crippen LogP contribution in [0, 0.1) is 10.1 Å². The Labute approximate surface area is 197 Å². The average molecular weight is 466 g/mol. The second kappa shape index (κ2) is 9.74. The van der Waals surface area contributed by atoms with Crippen LogP contribution in [0.15, 0.2) is 59.8 Å². The van der Waals surface area contributed by atoms with Crippen molar-refractivity contribution >= 4 is 23.4 Å². The minimum Gasteiger partial charge on any atom is -0.336 e. The Morgan fingerprint density at radius 1 is 1.06 bits per heavy atom. The fourth-order valence-corrected chi connectivity index (χ4v) is 5.27. The van der Waals surface area contributed by atoms with Crippen LogP contribution in [0.4, 0.5) is 5.69 Å². The van der Waals surface area contributed by atoms with Crippen LogP contribution in [-0.2, 0) is 4.79 Å². The number of carbonyl (C=O) groups excluding carboxylic acids is 1. The maximum Gasteiger partial charge on any atom is 0.269 e. The summed E-state index contributed by atoms with van der Waals surface area (Å²) in [6.07, 6.45) is 3.20. The molecule has 172 valence electrons. The van der Waals surface area contributed by atoms with Gasteiger partial charge in [0.15, 0.2) is 11.0 Å². The number of non-ortho nitro benzene ring substituents is 1. The van der Waals surface area contributed by atoms with Crippen LogP contribution in [0.2, 0.25) is 0 Å². The Balaban J connectivity index is 1.67. The van der Waals surface area contributed by atoms with Crippen molar-refractivity contribution in [1.29, 1.82) is 0 Å². The highest BCUT2D eigenvalue weighted by Gasteiger charge is 2.33. The Bertz CT molecular complexity index is 1120. The summed E-state index contributed by atoms with van der Waals surface area (Å²) in [6.45, 7) is 6.14. The molecule has 33 heavy (non-hydrogen) atoms. The van der Waals surface area contributed by atoms with Crippen molar-refractivity contribution in [2.24, 2.45) is 0 Å². The molecule has 1 aliphatic heterocycles.